The highest BCUT2D eigenvalue weighted by Gasteiger charge is 1.98. The van der Waals surface area contributed by atoms with Crippen LogP contribution in [-0.2, 0) is 4.79 Å². The van der Waals surface area contributed by atoms with Gasteiger partial charge in [-0.25, -0.2) is 0 Å². The quantitative estimate of drug-likeness (QED) is 0.0718. The van der Waals surface area contributed by atoms with Gasteiger partial charge in [0.1, 0.15) is 0 Å². The van der Waals surface area contributed by atoms with Crippen molar-refractivity contribution in [2.24, 2.45) is 0 Å². The van der Waals surface area contributed by atoms with Crippen LogP contribution in [0.4, 0.5) is 0 Å². The topological polar surface area (TPSA) is 57.5 Å². The van der Waals surface area contributed by atoms with Crippen LogP contribution in [0.1, 0.15) is 231 Å². The molecule has 0 bridgehead atoms. The van der Waals surface area contributed by atoms with Gasteiger partial charge in [-0.2, -0.15) is 0 Å². The first-order valence-corrected chi connectivity index (χ1v) is 19.1. The number of hydrogen-bond donors (Lipinski definition) is 2. The summed E-state index contributed by atoms with van der Waals surface area (Å²) in [7, 11) is 0. The summed E-state index contributed by atoms with van der Waals surface area (Å²) in [5.41, 5.74) is 0. The smallest absolute Gasteiger partial charge is 0.303 e. The molecule has 3 nitrogen and oxygen atoms in total. The van der Waals surface area contributed by atoms with Gasteiger partial charge in [-0.1, -0.05) is 212 Å². The molecular formula is C38H76O3. The highest BCUT2D eigenvalue weighted by atomic mass is 16.4. The van der Waals surface area contributed by atoms with Crippen molar-refractivity contribution in [3.8, 4) is 0 Å². The van der Waals surface area contributed by atoms with Gasteiger partial charge in [-0.3, -0.25) is 4.79 Å². The zero-order chi connectivity index (χ0) is 29.7. The number of hydrogen-bond acceptors (Lipinski definition) is 2. The normalized spacial score (nSPS) is 11.4. The minimum atomic E-state index is -0.650. The predicted molar refractivity (Wildman–Crippen MR) is 181 cm³/mol. The summed E-state index contributed by atoms with van der Waals surface area (Å²) in [6.07, 6.45) is 48.5. The summed E-state index contributed by atoms with van der Waals surface area (Å²) in [4.78, 5) is 10.5. The summed E-state index contributed by atoms with van der Waals surface area (Å²) in [6.45, 7) is 0.368. The molecule has 0 saturated carbocycles. The van der Waals surface area contributed by atoms with E-state index in [1.54, 1.807) is 0 Å². The Morgan fingerprint density at radius 2 is 0.415 bits per heavy atom. The van der Waals surface area contributed by atoms with Crippen LogP contribution in [0, 0.1) is 0 Å². The summed E-state index contributed by atoms with van der Waals surface area (Å²) in [5, 5.41) is 17.4. The second-order valence-electron chi connectivity index (χ2n) is 13.2. The van der Waals surface area contributed by atoms with Crippen molar-refractivity contribution in [3.63, 3.8) is 0 Å². The van der Waals surface area contributed by atoms with Crippen molar-refractivity contribution in [2.75, 3.05) is 6.61 Å². The van der Waals surface area contributed by atoms with Crippen LogP contribution in [0.2, 0.25) is 0 Å². The average molecular weight is 581 g/mol. The molecule has 2 N–H and O–H groups in total. The van der Waals surface area contributed by atoms with Gasteiger partial charge in [0, 0.05) is 13.0 Å². The Hall–Kier alpha value is -0.570. The summed E-state index contributed by atoms with van der Waals surface area (Å²) >= 11 is 0. The third-order valence-corrected chi connectivity index (χ3v) is 9.05. The predicted octanol–water partition coefficient (Wildman–Crippen LogP) is 13.1. The van der Waals surface area contributed by atoms with Crippen LogP contribution in [0.5, 0.6) is 0 Å². The molecule has 41 heavy (non-hydrogen) atoms. The molecule has 0 spiro atoms. The molecule has 0 aromatic heterocycles. The van der Waals surface area contributed by atoms with Crippen LogP contribution in [0.3, 0.4) is 0 Å². The van der Waals surface area contributed by atoms with Crippen LogP contribution < -0.4 is 0 Å². The second-order valence-corrected chi connectivity index (χ2v) is 13.2. The fourth-order valence-corrected chi connectivity index (χ4v) is 6.22. The molecule has 0 saturated heterocycles. The second kappa shape index (κ2) is 37.5. The molecule has 3 heteroatoms. The van der Waals surface area contributed by atoms with E-state index in [0.29, 0.717) is 13.0 Å². The van der Waals surface area contributed by atoms with Gasteiger partial charge in [0.05, 0.1) is 0 Å². The number of carboxylic acid groups (broad SMARTS) is 1. The Kier molecular flexibility index (Phi) is 36.9. The molecule has 0 aromatic rings. The van der Waals surface area contributed by atoms with Gasteiger partial charge in [-0.15, -0.1) is 0 Å². The van der Waals surface area contributed by atoms with Crippen LogP contribution in [0.15, 0.2) is 0 Å². The first-order chi connectivity index (χ1) is 20.3. The maximum atomic E-state index is 10.5. The highest BCUT2D eigenvalue weighted by molar-refractivity contribution is 5.66. The van der Waals surface area contributed by atoms with Gasteiger partial charge < -0.3 is 10.2 Å². The molecule has 0 rings (SSSR count). The molecule has 246 valence electrons. The number of aliphatic hydroxyl groups is 1. The van der Waals surface area contributed by atoms with E-state index in [9.17, 15) is 4.79 Å². The van der Waals surface area contributed by atoms with E-state index in [1.165, 1.54) is 205 Å². The third-order valence-electron chi connectivity index (χ3n) is 9.05. The molecule has 0 aliphatic heterocycles. The molecular weight excluding hydrogens is 504 g/mol. The SMILES string of the molecule is O=C(O)CCCCCCCCCCCCCCCCCCCCCCCCCCCCCCCCCCCCCO. The lowest BCUT2D eigenvalue weighted by Crippen LogP contribution is -1.93. The lowest BCUT2D eigenvalue weighted by atomic mass is 10.0. The van der Waals surface area contributed by atoms with Crippen molar-refractivity contribution in [2.45, 2.75) is 231 Å². The molecule has 0 aromatic carbocycles. The molecule has 0 radical (unpaired) electrons. The average Bonchev–Trinajstić information content (AvgIpc) is 2.97. The third kappa shape index (κ3) is 39.4. The molecule has 0 aliphatic rings. The lowest BCUT2D eigenvalue weighted by molar-refractivity contribution is -0.137. The van der Waals surface area contributed by atoms with E-state index in [2.05, 4.69) is 0 Å². The minimum Gasteiger partial charge on any atom is -0.481 e. The Labute approximate surface area is 258 Å². The Morgan fingerprint density at radius 3 is 0.561 bits per heavy atom. The van der Waals surface area contributed by atoms with Crippen molar-refractivity contribution >= 4 is 5.97 Å². The molecule has 0 amide bonds. The number of carboxylic acids is 1. The summed E-state index contributed by atoms with van der Waals surface area (Å²) < 4.78 is 0. The van der Waals surface area contributed by atoms with Gasteiger partial charge >= 0.3 is 5.97 Å². The van der Waals surface area contributed by atoms with Crippen LogP contribution >= 0.6 is 0 Å². The van der Waals surface area contributed by atoms with Gasteiger partial charge in [-0.05, 0) is 12.8 Å². The van der Waals surface area contributed by atoms with Gasteiger partial charge in [0.15, 0.2) is 0 Å². The van der Waals surface area contributed by atoms with Gasteiger partial charge in [0.2, 0.25) is 0 Å². The summed E-state index contributed by atoms with van der Waals surface area (Å²) in [6, 6.07) is 0. The molecule has 0 atom stereocenters. The molecule has 0 unspecified atom stereocenters. The van der Waals surface area contributed by atoms with Crippen molar-refractivity contribution in [1.82, 2.24) is 0 Å². The van der Waals surface area contributed by atoms with Crippen LogP contribution in [-0.4, -0.2) is 22.8 Å². The Morgan fingerprint density at radius 1 is 0.268 bits per heavy atom. The molecule has 0 aliphatic carbocycles. The largest absolute Gasteiger partial charge is 0.481 e. The van der Waals surface area contributed by atoms with E-state index in [1.807, 2.05) is 0 Å². The van der Waals surface area contributed by atoms with E-state index < -0.39 is 5.97 Å². The maximum absolute atomic E-state index is 10.5. The Balaban J connectivity index is 3.03. The number of carbonyl (C=O) groups is 1. The number of unbranched alkanes of at least 4 members (excludes halogenated alkanes) is 34. The zero-order valence-electron chi connectivity index (χ0n) is 28.0. The standard InChI is InChI=1S/C38H76O3/c39-37-35-33-31-29-27-25-23-21-19-17-15-13-11-9-7-5-3-1-2-4-6-8-10-12-14-16-18-20-22-24-26-28-30-32-34-36-38(40)41/h39H,1-37H2,(H,40,41). The number of rotatable bonds is 37. The maximum Gasteiger partial charge on any atom is 0.303 e. The van der Waals surface area contributed by atoms with Crippen LogP contribution in [0.25, 0.3) is 0 Å². The van der Waals surface area contributed by atoms with Crippen molar-refractivity contribution in [3.05, 3.63) is 0 Å². The highest BCUT2D eigenvalue weighted by Crippen LogP contribution is 2.17. The number of aliphatic hydroxyl groups excluding tert-OH is 1. The lowest BCUT2D eigenvalue weighted by Gasteiger charge is -2.05. The van der Waals surface area contributed by atoms with E-state index >= 15 is 0 Å². The fourth-order valence-electron chi connectivity index (χ4n) is 6.22. The Bertz CT molecular complexity index is 478. The zero-order valence-corrected chi connectivity index (χ0v) is 28.0. The fraction of sp³-hybridized carbons (Fsp3) is 0.974. The van der Waals surface area contributed by atoms with E-state index in [0.717, 1.165) is 19.3 Å². The minimum absolute atomic E-state index is 0.344. The summed E-state index contributed by atoms with van der Waals surface area (Å²) in [5.74, 6) is -0.650. The molecule has 0 heterocycles. The monoisotopic (exact) mass is 581 g/mol. The van der Waals surface area contributed by atoms with E-state index in [4.69, 9.17) is 10.2 Å². The van der Waals surface area contributed by atoms with Gasteiger partial charge in [0.25, 0.3) is 0 Å². The first-order valence-electron chi connectivity index (χ1n) is 19.1. The first kappa shape index (κ1) is 40.4. The molecule has 0 fully saturated rings. The van der Waals surface area contributed by atoms with Crippen molar-refractivity contribution < 1.29 is 15.0 Å². The van der Waals surface area contributed by atoms with Crippen molar-refractivity contribution in [1.29, 1.82) is 0 Å². The number of aliphatic carboxylic acids is 1. The van der Waals surface area contributed by atoms with E-state index in [-0.39, 0.29) is 0 Å².